The summed E-state index contributed by atoms with van der Waals surface area (Å²) in [5.74, 6) is 0. The number of sulfone groups is 2. The van der Waals surface area contributed by atoms with Gasteiger partial charge in [-0.15, -0.1) is 0 Å². The normalized spacial score (nSPS) is 13.4. The monoisotopic (exact) mass is 353 g/mol. The smallest absolute Gasteiger partial charge is 0.175 e. The van der Waals surface area contributed by atoms with Crippen molar-refractivity contribution in [3.05, 3.63) is 28.8 Å². The lowest BCUT2D eigenvalue weighted by Crippen LogP contribution is -2.41. The highest BCUT2D eigenvalue weighted by Gasteiger charge is 2.29. The third-order valence-corrected chi connectivity index (χ3v) is 7.02. The average molecular weight is 354 g/mol. The number of halogens is 1. The van der Waals surface area contributed by atoms with Crippen LogP contribution in [0, 0.1) is 0 Å². The Labute approximate surface area is 131 Å². The molecule has 0 heterocycles. The Balaban J connectivity index is 2.97. The van der Waals surface area contributed by atoms with Crippen LogP contribution >= 0.6 is 11.6 Å². The first-order valence-corrected chi connectivity index (χ1v) is 10.4. The summed E-state index contributed by atoms with van der Waals surface area (Å²) in [6, 6.07) is 4.66. The molecular formula is C13H20ClNO4S2. The standard InChI is InChI=1S/C13H20ClNO4S2/c1-13(2,21(4,18)19)9-15-8-10-11(14)6-5-7-12(10)20(3,16)17/h5-7,15H,8-9H2,1-4H3. The predicted octanol–water partition coefficient (Wildman–Crippen LogP) is 1.66. The molecule has 0 radical (unpaired) electrons. The molecule has 0 aromatic heterocycles. The minimum atomic E-state index is -3.39. The van der Waals surface area contributed by atoms with Crippen LogP contribution in [-0.2, 0) is 26.2 Å². The summed E-state index contributed by atoms with van der Waals surface area (Å²) in [5.41, 5.74) is 0.450. The van der Waals surface area contributed by atoms with E-state index in [1.807, 2.05) is 0 Å². The van der Waals surface area contributed by atoms with Crippen molar-refractivity contribution in [2.75, 3.05) is 19.1 Å². The average Bonchev–Trinajstić information content (AvgIpc) is 2.28. The quantitative estimate of drug-likeness (QED) is 0.841. The van der Waals surface area contributed by atoms with E-state index in [0.29, 0.717) is 10.6 Å². The van der Waals surface area contributed by atoms with Gasteiger partial charge in [0, 0.05) is 36.2 Å². The van der Waals surface area contributed by atoms with Crippen LogP contribution in [0.4, 0.5) is 0 Å². The zero-order valence-electron chi connectivity index (χ0n) is 12.5. The number of benzene rings is 1. The molecule has 5 nitrogen and oxygen atoms in total. The molecule has 0 bridgehead atoms. The molecule has 0 atom stereocenters. The van der Waals surface area contributed by atoms with Gasteiger partial charge in [0.15, 0.2) is 19.7 Å². The van der Waals surface area contributed by atoms with Gasteiger partial charge in [-0.2, -0.15) is 0 Å². The SMILES string of the molecule is CC(C)(CNCc1c(Cl)cccc1S(C)(=O)=O)S(C)(=O)=O. The molecule has 21 heavy (non-hydrogen) atoms. The third kappa shape index (κ3) is 4.67. The number of rotatable bonds is 6. The van der Waals surface area contributed by atoms with Crippen molar-refractivity contribution in [1.82, 2.24) is 5.32 Å². The van der Waals surface area contributed by atoms with E-state index in [-0.39, 0.29) is 18.0 Å². The Bertz CT molecular complexity index is 725. The second-order valence-electron chi connectivity index (χ2n) is 5.62. The Hall–Kier alpha value is -0.630. The van der Waals surface area contributed by atoms with Crippen LogP contribution in [0.3, 0.4) is 0 Å². The van der Waals surface area contributed by atoms with E-state index < -0.39 is 24.4 Å². The maximum Gasteiger partial charge on any atom is 0.175 e. The maximum absolute atomic E-state index is 11.7. The van der Waals surface area contributed by atoms with Gasteiger partial charge in [0.25, 0.3) is 0 Å². The van der Waals surface area contributed by atoms with Gasteiger partial charge in [-0.25, -0.2) is 16.8 Å². The lowest BCUT2D eigenvalue weighted by atomic mass is 10.2. The second kappa shape index (κ2) is 6.24. The van der Waals surface area contributed by atoms with Crippen LogP contribution < -0.4 is 5.32 Å². The molecule has 1 aromatic carbocycles. The molecule has 0 spiro atoms. The van der Waals surface area contributed by atoms with Crippen LogP contribution in [0.2, 0.25) is 5.02 Å². The summed E-state index contributed by atoms with van der Waals surface area (Å²) in [7, 11) is -6.61. The Morgan fingerprint density at radius 1 is 1.14 bits per heavy atom. The largest absolute Gasteiger partial charge is 0.311 e. The van der Waals surface area contributed by atoms with Crippen molar-refractivity contribution >= 4 is 31.3 Å². The first-order chi connectivity index (χ1) is 9.36. The topological polar surface area (TPSA) is 80.3 Å². The minimum absolute atomic E-state index is 0.152. The summed E-state index contributed by atoms with van der Waals surface area (Å²) >= 11 is 6.05. The molecule has 0 fully saturated rings. The predicted molar refractivity (Wildman–Crippen MR) is 85.2 cm³/mol. The number of hydrogen-bond donors (Lipinski definition) is 1. The summed E-state index contributed by atoms with van der Waals surface area (Å²) in [6.07, 6.45) is 2.29. The molecule has 1 aromatic rings. The molecule has 0 aliphatic rings. The lowest BCUT2D eigenvalue weighted by Gasteiger charge is -2.23. The van der Waals surface area contributed by atoms with E-state index in [0.717, 1.165) is 6.26 Å². The van der Waals surface area contributed by atoms with Crippen LogP contribution in [0.1, 0.15) is 19.4 Å². The second-order valence-corrected chi connectivity index (χ2v) is 10.7. The zero-order chi connectivity index (χ0) is 16.5. The van der Waals surface area contributed by atoms with Crippen molar-refractivity contribution < 1.29 is 16.8 Å². The van der Waals surface area contributed by atoms with Crippen molar-refractivity contribution in [2.24, 2.45) is 0 Å². The summed E-state index contributed by atoms with van der Waals surface area (Å²) in [6.45, 7) is 3.60. The molecule has 8 heteroatoms. The molecule has 0 saturated carbocycles. The first kappa shape index (κ1) is 18.4. The molecule has 0 amide bonds. The molecular weight excluding hydrogens is 334 g/mol. The lowest BCUT2D eigenvalue weighted by molar-refractivity contribution is 0.520. The van der Waals surface area contributed by atoms with Crippen molar-refractivity contribution in [3.63, 3.8) is 0 Å². The Morgan fingerprint density at radius 2 is 1.71 bits per heavy atom. The maximum atomic E-state index is 11.7. The minimum Gasteiger partial charge on any atom is -0.311 e. The summed E-state index contributed by atoms with van der Waals surface area (Å²) in [5, 5.41) is 3.31. The van der Waals surface area contributed by atoms with Crippen LogP contribution in [-0.4, -0.2) is 40.6 Å². The van der Waals surface area contributed by atoms with Gasteiger partial charge in [-0.3, -0.25) is 0 Å². The van der Waals surface area contributed by atoms with E-state index >= 15 is 0 Å². The number of nitrogens with one attached hydrogen (secondary N) is 1. The van der Waals surface area contributed by atoms with Gasteiger partial charge >= 0.3 is 0 Å². The van der Waals surface area contributed by atoms with Crippen LogP contribution in [0.15, 0.2) is 23.1 Å². The molecule has 1 N–H and O–H groups in total. The van der Waals surface area contributed by atoms with E-state index in [2.05, 4.69) is 5.32 Å². The fraction of sp³-hybridized carbons (Fsp3) is 0.538. The molecule has 0 aliphatic heterocycles. The Kier molecular flexibility index (Phi) is 5.47. The highest BCUT2D eigenvalue weighted by Crippen LogP contribution is 2.24. The van der Waals surface area contributed by atoms with Crippen molar-refractivity contribution in [1.29, 1.82) is 0 Å². The van der Waals surface area contributed by atoms with E-state index in [9.17, 15) is 16.8 Å². The van der Waals surface area contributed by atoms with Gasteiger partial charge < -0.3 is 5.32 Å². The molecule has 0 unspecified atom stereocenters. The molecule has 0 saturated heterocycles. The fourth-order valence-electron chi connectivity index (χ4n) is 1.68. The van der Waals surface area contributed by atoms with E-state index in [4.69, 9.17) is 11.6 Å². The molecule has 0 aliphatic carbocycles. The fourth-order valence-corrected chi connectivity index (χ4v) is 3.29. The number of hydrogen-bond acceptors (Lipinski definition) is 5. The van der Waals surface area contributed by atoms with Crippen LogP contribution in [0.5, 0.6) is 0 Å². The van der Waals surface area contributed by atoms with Gasteiger partial charge in [0.1, 0.15) is 0 Å². The zero-order valence-corrected chi connectivity index (χ0v) is 14.9. The highest BCUT2D eigenvalue weighted by atomic mass is 35.5. The van der Waals surface area contributed by atoms with E-state index in [1.165, 1.54) is 12.3 Å². The highest BCUT2D eigenvalue weighted by molar-refractivity contribution is 7.92. The van der Waals surface area contributed by atoms with Crippen LogP contribution in [0.25, 0.3) is 0 Å². The molecule has 1 rings (SSSR count). The third-order valence-electron chi connectivity index (χ3n) is 3.33. The van der Waals surface area contributed by atoms with Gasteiger partial charge in [0.05, 0.1) is 9.64 Å². The first-order valence-electron chi connectivity index (χ1n) is 6.24. The van der Waals surface area contributed by atoms with Crippen molar-refractivity contribution in [3.8, 4) is 0 Å². The summed E-state index contributed by atoms with van der Waals surface area (Å²) < 4.78 is 45.8. The van der Waals surface area contributed by atoms with Crippen molar-refractivity contribution in [2.45, 2.75) is 30.0 Å². The van der Waals surface area contributed by atoms with Gasteiger partial charge in [0.2, 0.25) is 0 Å². The van der Waals surface area contributed by atoms with E-state index in [1.54, 1.807) is 26.0 Å². The van der Waals surface area contributed by atoms with Gasteiger partial charge in [-0.05, 0) is 26.0 Å². The summed E-state index contributed by atoms with van der Waals surface area (Å²) in [4.78, 5) is 0.152. The molecule has 120 valence electrons. The van der Waals surface area contributed by atoms with Gasteiger partial charge in [-0.1, -0.05) is 17.7 Å². The Morgan fingerprint density at radius 3 is 2.19 bits per heavy atom.